The second-order valence-corrected chi connectivity index (χ2v) is 14.2. The topological polar surface area (TPSA) is 92.3 Å². The molecule has 0 aliphatic heterocycles. The molecular formula is C30H46N2O4S2. The normalized spacial score (nSPS) is 11.7. The molecule has 0 amide bonds. The van der Waals surface area contributed by atoms with Gasteiger partial charge < -0.3 is 10.6 Å². The molecule has 0 heterocycles. The SMILES string of the molecule is CCCCCCCCS(=O)(=O)C(=C(Nc1ccccc1)Nc1ccccc1)S(=O)(=O)CCCCCCCC. The first-order chi connectivity index (χ1) is 18.3. The Kier molecular flexibility index (Phi) is 14.5. The molecular weight excluding hydrogens is 516 g/mol. The maximum absolute atomic E-state index is 13.7. The van der Waals surface area contributed by atoms with Crippen LogP contribution in [0.1, 0.15) is 90.9 Å². The quantitative estimate of drug-likeness (QED) is 0.159. The molecule has 0 spiro atoms. The Bertz CT molecular complexity index is 1070. The number of hydrogen-bond donors (Lipinski definition) is 2. The van der Waals surface area contributed by atoms with Gasteiger partial charge in [0.2, 0.25) is 0 Å². The Labute approximate surface area is 231 Å². The lowest BCUT2D eigenvalue weighted by Gasteiger charge is -2.20. The molecule has 0 radical (unpaired) electrons. The smallest absolute Gasteiger partial charge is 0.199 e. The molecule has 0 aliphatic carbocycles. The summed E-state index contributed by atoms with van der Waals surface area (Å²) in [7, 11) is -8.19. The number of para-hydroxylation sites is 2. The van der Waals surface area contributed by atoms with Gasteiger partial charge in [-0.1, -0.05) is 114 Å². The molecule has 212 valence electrons. The first-order valence-electron chi connectivity index (χ1n) is 14.1. The summed E-state index contributed by atoms with van der Waals surface area (Å²) in [6.07, 6.45) is 10.9. The van der Waals surface area contributed by atoms with Crippen LogP contribution in [-0.4, -0.2) is 28.3 Å². The third kappa shape index (κ3) is 11.6. The molecule has 2 aromatic carbocycles. The summed E-state index contributed by atoms with van der Waals surface area (Å²) in [5.41, 5.74) is 1.21. The molecule has 0 bridgehead atoms. The maximum atomic E-state index is 13.7. The van der Waals surface area contributed by atoms with Crippen LogP contribution in [-0.2, 0) is 19.7 Å². The number of unbranched alkanes of at least 4 members (excludes halogenated alkanes) is 10. The van der Waals surface area contributed by atoms with Gasteiger partial charge in [0, 0.05) is 11.4 Å². The van der Waals surface area contributed by atoms with Gasteiger partial charge >= 0.3 is 0 Å². The van der Waals surface area contributed by atoms with E-state index in [1.54, 1.807) is 24.3 Å². The number of hydrogen-bond acceptors (Lipinski definition) is 6. The minimum atomic E-state index is -4.10. The number of benzene rings is 2. The van der Waals surface area contributed by atoms with E-state index >= 15 is 0 Å². The van der Waals surface area contributed by atoms with Gasteiger partial charge in [0.05, 0.1) is 11.5 Å². The molecule has 2 rings (SSSR count). The Hall–Kier alpha value is -2.32. The van der Waals surface area contributed by atoms with Crippen molar-refractivity contribution in [2.75, 3.05) is 22.1 Å². The molecule has 0 atom stereocenters. The van der Waals surface area contributed by atoms with Crippen molar-refractivity contribution in [3.05, 3.63) is 70.7 Å². The van der Waals surface area contributed by atoms with Crippen LogP contribution < -0.4 is 10.6 Å². The zero-order valence-corrected chi connectivity index (χ0v) is 24.8. The first kappa shape index (κ1) is 31.9. The number of nitrogens with one attached hydrogen (secondary N) is 2. The molecule has 8 heteroatoms. The van der Waals surface area contributed by atoms with Crippen LogP contribution in [0.25, 0.3) is 0 Å². The number of sulfone groups is 2. The van der Waals surface area contributed by atoms with Crippen molar-refractivity contribution in [1.82, 2.24) is 0 Å². The van der Waals surface area contributed by atoms with Crippen LogP contribution in [0.15, 0.2) is 70.7 Å². The highest BCUT2D eigenvalue weighted by Gasteiger charge is 2.34. The third-order valence-corrected chi connectivity index (χ3v) is 11.1. The summed E-state index contributed by atoms with van der Waals surface area (Å²) in [5.74, 6) is -0.402. The highest BCUT2D eigenvalue weighted by atomic mass is 32.3. The largest absolute Gasteiger partial charge is 0.340 e. The van der Waals surface area contributed by atoms with E-state index in [0.29, 0.717) is 24.2 Å². The molecule has 0 fully saturated rings. The molecule has 0 aliphatic rings. The minimum Gasteiger partial charge on any atom is -0.340 e. The third-order valence-electron chi connectivity index (χ3n) is 6.39. The van der Waals surface area contributed by atoms with Crippen LogP contribution in [0.3, 0.4) is 0 Å². The van der Waals surface area contributed by atoms with Crippen molar-refractivity contribution in [3.63, 3.8) is 0 Å². The molecule has 0 unspecified atom stereocenters. The van der Waals surface area contributed by atoms with Crippen LogP contribution in [0.5, 0.6) is 0 Å². The van der Waals surface area contributed by atoms with Crippen LogP contribution in [0.4, 0.5) is 11.4 Å². The minimum absolute atomic E-state index is 0.0145. The fraction of sp³-hybridized carbons (Fsp3) is 0.533. The van der Waals surface area contributed by atoms with E-state index in [0.717, 1.165) is 64.2 Å². The van der Waals surface area contributed by atoms with Crippen molar-refractivity contribution >= 4 is 31.0 Å². The fourth-order valence-corrected chi connectivity index (χ4v) is 8.71. The van der Waals surface area contributed by atoms with Gasteiger partial charge in [0.15, 0.2) is 23.9 Å². The molecule has 38 heavy (non-hydrogen) atoms. The van der Waals surface area contributed by atoms with E-state index in [-0.39, 0.29) is 17.3 Å². The van der Waals surface area contributed by atoms with Crippen LogP contribution >= 0.6 is 0 Å². The second kappa shape index (κ2) is 17.3. The summed E-state index contributed by atoms with van der Waals surface area (Å²) in [6, 6.07) is 18.1. The molecule has 0 aromatic heterocycles. The van der Waals surface area contributed by atoms with Gasteiger partial charge in [-0.05, 0) is 37.1 Å². The van der Waals surface area contributed by atoms with E-state index in [1.807, 2.05) is 36.4 Å². The molecule has 0 saturated heterocycles. The highest BCUT2D eigenvalue weighted by Crippen LogP contribution is 2.27. The Morgan fingerprint density at radius 2 is 0.868 bits per heavy atom. The summed E-state index contributed by atoms with van der Waals surface area (Å²) in [4.78, 5) is 0. The monoisotopic (exact) mass is 562 g/mol. The second-order valence-electron chi connectivity index (χ2n) is 9.82. The van der Waals surface area contributed by atoms with Crippen molar-refractivity contribution < 1.29 is 16.8 Å². The van der Waals surface area contributed by atoms with Gasteiger partial charge in [-0.2, -0.15) is 0 Å². The summed E-state index contributed by atoms with van der Waals surface area (Å²) < 4.78 is 54.5. The zero-order valence-electron chi connectivity index (χ0n) is 23.1. The van der Waals surface area contributed by atoms with Gasteiger partial charge in [-0.3, -0.25) is 0 Å². The number of rotatable bonds is 20. The Morgan fingerprint density at radius 1 is 0.526 bits per heavy atom. The molecule has 2 N–H and O–H groups in total. The zero-order chi connectivity index (χ0) is 27.7. The Morgan fingerprint density at radius 3 is 1.24 bits per heavy atom. The predicted molar refractivity (Wildman–Crippen MR) is 161 cm³/mol. The highest BCUT2D eigenvalue weighted by molar-refractivity contribution is 8.14. The van der Waals surface area contributed by atoms with Crippen molar-refractivity contribution in [3.8, 4) is 0 Å². The van der Waals surface area contributed by atoms with E-state index in [1.165, 1.54) is 0 Å². The fourth-order valence-electron chi connectivity index (χ4n) is 4.30. The summed E-state index contributed by atoms with van der Waals surface area (Å²) in [6.45, 7) is 4.27. The average Bonchev–Trinajstić information content (AvgIpc) is 2.89. The molecule has 6 nitrogen and oxygen atoms in total. The van der Waals surface area contributed by atoms with Crippen molar-refractivity contribution in [1.29, 1.82) is 0 Å². The standard InChI is InChI=1S/C30H46N2O4S2/c1-3-5-7-9-11-19-25-37(33,34)30(38(35,36)26-20-12-10-8-6-4-2)29(31-27-21-15-13-16-22-27)32-28-23-17-14-18-24-28/h13-18,21-24,31-32H,3-12,19-20,25-26H2,1-2H3. The number of anilines is 2. The summed E-state index contributed by atoms with van der Waals surface area (Å²) >= 11 is 0. The Balaban J connectivity index is 2.42. The van der Waals surface area contributed by atoms with E-state index in [2.05, 4.69) is 24.5 Å². The van der Waals surface area contributed by atoms with Gasteiger partial charge in [-0.25, -0.2) is 16.8 Å². The predicted octanol–water partition coefficient (Wildman–Crippen LogP) is 7.89. The first-order valence-corrected chi connectivity index (χ1v) is 17.4. The lowest BCUT2D eigenvalue weighted by Crippen LogP contribution is -2.26. The van der Waals surface area contributed by atoms with E-state index in [4.69, 9.17) is 0 Å². The van der Waals surface area contributed by atoms with E-state index in [9.17, 15) is 16.8 Å². The lowest BCUT2D eigenvalue weighted by atomic mass is 10.1. The summed E-state index contributed by atoms with van der Waals surface area (Å²) in [5, 5.41) is 6.17. The van der Waals surface area contributed by atoms with Gasteiger partial charge in [0.25, 0.3) is 0 Å². The van der Waals surface area contributed by atoms with Crippen molar-refractivity contribution in [2.24, 2.45) is 0 Å². The van der Waals surface area contributed by atoms with Crippen molar-refractivity contribution in [2.45, 2.75) is 90.9 Å². The average molecular weight is 563 g/mol. The van der Waals surface area contributed by atoms with Crippen LogP contribution in [0.2, 0.25) is 0 Å². The van der Waals surface area contributed by atoms with Gasteiger partial charge in [0.1, 0.15) is 5.82 Å². The van der Waals surface area contributed by atoms with Crippen LogP contribution in [0, 0.1) is 0 Å². The van der Waals surface area contributed by atoms with E-state index < -0.39 is 23.9 Å². The van der Waals surface area contributed by atoms with Gasteiger partial charge in [-0.15, -0.1) is 0 Å². The maximum Gasteiger partial charge on any atom is 0.199 e. The molecule has 0 saturated carbocycles. The molecule has 2 aromatic rings. The lowest BCUT2D eigenvalue weighted by molar-refractivity contribution is 0.582.